The van der Waals surface area contributed by atoms with Crippen LogP contribution in [0.5, 0.6) is 5.75 Å². The number of ketones is 1. The molecule has 1 aliphatic rings. The van der Waals surface area contributed by atoms with Gasteiger partial charge in [0.2, 0.25) is 0 Å². The van der Waals surface area contributed by atoms with Gasteiger partial charge in [-0.1, -0.05) is 39.0 Å². The SMILES string of the molecule is CC(=O)c1ccc2cc(OC3CCC(C(C)(C)C)CC3)ccc2c1. The summed E-state index contributed by atoms with van der Waals surface area (Å²) in [4.78, 5) is 11.5. The molecule has 128 valence electrons. The molecule has 3 rings (SSSR count). The summed E-state index contributed by atoms with van der Waals surface area (Å²) in [5, 5.41) is 2.22. The summed E-state index contributed by atoms with van der Waals surface area (Å²) in [6.07, 6.45) is 5.12. The summed E-state index contributed by atoms with van der Waals surface area (Å²) in [5.74, 6) is 1.85. The summed E-state index contributed by atoms with van der Waals surface area (Å²) >= 11 is 0. The zero-order valence-electron chi connectivity index (χ0n) is 15.3. The predicted octanol–water partition coefficient (Wildman–Crippen LogP) is 6.03. The molecular formula is C22H28O2. The Morgan fingerprint density at radius 3 is 2.21 bits per heavy atom. The number of carbonyl (C=O) groups excluding carboxylic acids is 1. The molecule has 0 heterocycles. The van der Waals surface area contributed by atoms with Gasteiger partial charge < -0.3 is 4.74 Å². The molecule has 0 atom stereocenters. The van der Waals surface area contributed by atoms with Crippen LogP contribution in [-0.2, 0) is 0 Å². The molecule has 0 amide bonds. The second-order valence-corrected chi connectivity index (χ2v) is 8.24. The highest BCUT2D eigenvalue weighted by molar-refractivity contribution is 5.98. The van der Waals surface area contributed by atoms with Gasteiger partial charge in [0.05, 0.1) is 6.10 Å². The second kappa shape index (κ2) is 6.58. The normalized spacial score (nSPS) is 21.7. The lowest BCUT2D eigenvalue weighted by Gasteiger charge is -2.37. The Kier molecular flexibility index (Phi) is 4.67. The molecule has 2 aromatic rings. The van der Waals surface area contributed by atoms with Crippen LogP contribution >= 0.6 is 0 Å². The van der Waals surface area contributed by atoms with Gasteiger partial charge in [0.25, 0.3) is 0 Å². The van der Waals surface area contributed by atoms with Gasteiger partial charge in [0.15, 0.2) is 5.78 Å². The van der Waals surface area contributed by atoms with Crippen LogP contribution in [0.4, 0.5) is 0 Å². The lowest BCUT2D eigenvalue weighted by atomic mass is 9.72. The molecule has 24 heavy (non-hydrogen) atoms. The van der Waals surface area contributed by atoms with Crippen molar-refractivity contribution in [3.63, 3.8) is 0 Å². The highest BCUT2D eigenvalue weighted by Gasteiger charge is 2.30. The monoisotopic (exact) mass is 324 g/mol. The van der Waals surface area contributed by atoms with Crippen molar-refractivity contribution in [3.05, 3.63) is 42.0 Å². The molecule has 0 N–H and O–H groups in total. The molecule has 0 aliphatic heterocycles. The van der Waals surface area contributed by atoms with Crippen LogP contribution in [-0.4, -0.2) is 11.9 Å². The third kappa shape index (κ3) is 3.80. The zero-order chi connectivity index (χ0) is 17.3. The summed E-state index contributed by atoms with van der Waals surface area (Å²) in [6, 6.07) is 12.0. The first-order valence-electron chi connectivity index (χ1n) is 9.04. The van der Waals surface area contributed by atoms with Gasteiger partial charge in [-0.15, -0.1) is 0 Å². The molecule has 0 bridgehead atoms. The van der Waals surface area contributed by atoms with Crippen molar-refractivity contribution < 1.29 is 9.53 Å². The van der Waals surface area contributed by atoms with E-state index in [9.17, 15) is 4.79 Å². The second-order valence-electron chi connectivity index (χ2n) is 8.24. The van der Waals surface area contributed by atoms with E-state index in [2.05, 4.69) is 32.9 Å². The molecule has 0 spiro atoms. The molecule has 0 aromatic heterocycles. The summed E-state index contributed by atoms with van der Waals surface area (Å²) in [6.45, 7) is 8.64. The predicted molar refractivity (Wildman–Crippen MR) is 99.8 cm³/mol. The fraction of sp³-hybridized carbons (Fsp3) is 0.500. The molecular weight excluding hydrogens is 296 g/mol. The molecule has 1 fully saturated rings. The van der Waals surface area contributed by atoms with E-state index in [4.69, 9.17) is 4.74 Å². The Labute approximate surface area is 145 Å². The number of ether oxygens (including phenoxy) is 1. The maximum Gasteiger partial charge on any atom is 0.159 e. The number of Topliss-reactive ketones (excluding diaryl/α,β-unsaturated/α-hetero) is 1. The van der Waals surface area contributed by atoms with Crippen LogP contribution in [0.3, 0.4) is 0 Å². The molecule has 1 aliphatic carbocycles. The van der Waals surface area contributed by atoms with E-state index in [-0.39, 0.29) is 5.78 Å². The lowest BCUT2D eigenvalue weighted by Crippen LogP contribution is -2.30. The topological polar surface area (TPSA) is 26.3 Å². The van der Waals surface area contributed by atoms with E-state index in [1.165, 1.54) is 12.8 Å². The maximum atomic E-state index is 11.5. The maximum absolute atomic E-state index is 11.5. The number of hydrogen-bond donors (Lipinski definition) is 0. The number of rotatable bonds is 3. The largest absolute Gasteiger partial charge is 0.490 e. The van der Waals surface area contributed by atoms with Gasteiger partial charge in [0.1, 0.15) is 5.75 Å². The van der Waals surface area contributed by atoms with Crippen molar-refractivity contribution in [1.82, 2.24) is 0 Å². The van der Waals surface area contributed by atoms with Crippen LogP contribution < -0.4 is 4.74 Å². The van der Waals surface area contributed by atoms with Crippen molar-refractivity contribution in [2.75, 3.05) is 0 Å². The number of hydrogen-bond acceptors (Lipinski definition) is 2. The minimum absolute atomic E-state index is 0.104. The molecule has 1 saturated carbocycles. The van der Waals surface area contributed by atoms with Crippen molar-refractivity contribution in [3.8, 4) is 5.75 Å². The first kappa shape index (κ1) is 17.0. The first-order valence-corrected chi connectivity index (χ1v) is 9.04. The zero-order valence-corrected chi connectivity index (χ0v) is 15.3. The number of carbonyl (C=O) groups is 1. The summed E-state index contributed by atoms with van der Waals surface area (Å²) in [5.41, 5.74) is 1.17. The highest BCUT2D eigenvalue weighted by Crippen LogP contribution is 2.39. The Bertz CT molecular complexity index is 731. The van der Waals surface area contributed by atoms with Crippen molar-refractivity contribution in [1.29, 1.82) is 0 Å². The minimum atomic E-state index is 0.104. The van der Waals surface area contributed by atoms with E-state index in [1.807, 2.05) is 24.3 Å². The van der Waals surface area contributed by atoms with Gasteiger partial charge in [-0.25, -0.2) is 0 Å². The van der Waals surface area contributed by atoms with Crippen molar-refractivity contribution in [2.45, 2.75) is 59.5 Å². The van der Waals surface area contributed by atoms with Crippen molar-refractivity contribution >= 4 is 16.6 Å². The lowest BCUT2D eigenvalue weighted by molar-refractivity contribution is 0.0883. The van der Waals surface area contributed by atoms with Gasteiger partial charge in [-0.05, 0) is 72.9 Å². The Morgan fingerprint density at radius 2 is 1.58 bits per heavy atom. The molecule has 2 nitrogen and oxygen atoms in total. The standard InChI is InChI=1S/C22H28O2/c1-15(23)16-5-6-18-14-21(10-7-17(18)13-16)24-20-11-8-19(9-12-20)22(2,3)4/h5-7,10,13-14,19-20H,8-9,11-12H2,1-4H3. The third-order valence-electron chi connectivity index (χ3n) is 5.42. The van der Waals surface area contributed by atoms with E-state index >= 15 is 0 Å². The van der Waals surface area contributed by atoms with Crippen molar-refractivity contribution in [2.24, 2.45) is 11.3 Å². The smallest absolute Gasteiger partial charge is 0.159 e. The van der Waals surface area contributed by atoms with E-state index in [0.717, 1.165) is 40.8 Å². The Morgan fingerprint density at radius 1 is 0.958 bits per heavy atom. The molecule has 0 radical (unpaired) electrons. The molecule has 0 saturated heterocycles. The van der Waals surface area contributed by atoms with Gasteiger partial charge in [-0.2, -0.15) is 0 Å². The van der Waals surface area contributed by atoms with Crippen LogP contribution in [0.25, 0.3) is 10.8 Å². The van der Waals surface area contributed by atoms with Crippen LogP contribution in [0.1, 0.15) is 63.7 Å². The number of benzene rings is 2. The molecule has 2 heteroatoms. The average Bonchev–Trinajstić information content (AvgIpc) is 2.54. The minimum Gasteiger partial charge on any atom is -0.490 e. The Hall–Kier alpha value is -1.83. The fourth-order valence-corrected chi connectivity index (χ4v) is 3.76. The summed E-state index contributed by atoms with van der Waals surface area (Å²) < 4.78 is 6.24. The van der Waals surface area contributed by atoms with Crippen LogP contribution in [0, 0.1) is 11.3 Å². The first-order chi connectivity index (χ1) is 11.3. The van der Waals surface area contributed by atoms with E-state index < -0.39 is 0 Å². The Balaban J connectivity index is 1.68. The van der Waals surface area contributed by atoms with E-state index in [1.54, 1.807) is 6.92 Å². The van der Waals surface area contributed by atoms with Gasteiger partial charge >= 0.3 is 0 Å². The average molecular weight is 324 g/mol. The summed E-state index contributed by atoms with van der Waals surface area (Å²) in [7, 11) is 0. The van der Waals surface area contributed by atoms with Gasteiger partial charge in [0, 0.05) is 5.56 Å². The quantitative estimate of drug-likeness (QED) is 0.645. The fourth-order valence-electron chi connectivity index (χ4n) is 3.76. The third-order valence-corrected chi connectivity index (χ3v) is 5.42. The van der Waals surface area contributed by atoms with Crippen LogP contribution in [0.2, 0.25) is 0 Å². The highest BCUT2D eigenvalue weighted by atomic mass is 16.5. The molecule has 2 aromatic carbocycles. The van der Waals surface area contributed by atoms with E-state index in [0.29, 0.717) is 11.5 Å². The van der Waals surface area contributed by atoms with Gasteiger partial charge in [-0.3, -0.25) is 4.79 Å². The molecule has 0 unspecified atom stereocenters. The van der Waals surface area contributed by atoms with Crippen LogP contribution in [0.15, 0.2) is 36.4 Å². The number of fused-ring (bicyclic) bond motifs is 1.